The maximum atomic E-state index is 11.6. The Kier molecular flexibility index (Phi) is 4.39. The van der Waals surface area contributed by atoms with Crippen LogP contribution in [0.15, 0.2) is 29.0 Å². The number of halogens is 1. The van der Waals surface area contributed by atoms with Crippen molar-refractivity contribution < 1.29 is 4.79 Å². The summed E-state index contributed by atoms with van der Waals surface area (Å²) in [6, 6.07) is 3.62. The van der Waals surface area contributed by atoms with Gasteiger partial charge in [-0.2, -0.15) is 0 Å². The van der Waals surface area contributed by atoms with Crippen molar-refractivity contribution in [3.63, 3.8) is 0 Å². The molecule has 0 radical (unpaired) electrons. The Labute approximate surface area is 144 Å². The maximum Gasteiger partial charge on any atom is 0.321 e. The number of thiazole rings is 1. The van der Waals surface area contributed by atoms with Crippen LogP contribution in [0.2, 0.25) is 0 Å². The molecule has 1 aromatic carbocycles. The summed E-state index contributed by atoms with van der Waals surface area (Å²) >= 11 is 4.95. The third-order valence-corrected chi connectivity index (χ3v) is 4.92. The quantitative estimate of drug-likeness (QED) is 0.634. The summed E-state index contributed by atoms with van der Waals surface area (Å²) in [7, 11) is 0. The lowest BCUT2D eigenvalue weighted by molar-refractivity contribution is 0.252. The Morgan fingerprint density at radius 3 is 2.74 bits per heavy atom. The summed E-state index contributed by atoms with van der Waals surface area (Å²) in [4.78, 5) is 24.0. The Hall–Kier alpha value is -2.26. The number of carbonyl (C=O) groups excluding carboxylic acids is 1. The van der Waals surface area contributed by atoms with Gasteiger partial charge in [-0.15, -0.1) is 0 Å². The van der Waals surface area contributed by atoms with Gasteiger partial charge >= 0.3 is 6.03 Å². The molecule has 0 aliphatic heterocycles. The smallest absolute Gasteiger partial charge is 0.321 e. The van der Waals surface area contributed by atoms with E-state index in [-0.39, 0.29) is 12.0 Å². The van der Waals surface area contributed by atoms with Gasteiger partial charge in [0.2, 0.25) is 5.95 Å². The second-order valence-electron chi connectivity index (χ2n) is 4.64. The third kappa shape index (κ3) is 3.40. The summed E-state index contributed by atoms with van der Waals surface area (Å²) in [5.74, 6) is 0.232. The molecule has 0 atom stereocenters. The number of nitrogen functional groups attached to an aromatic ring is 1. The zero-order chi connectivity index (χ0) is 16.4. The highest BCUT2D eigenvalue weighted by atomic mass is 79.9. The van der Waals surface area contributed by atoms with E-state index >= 15 is 0 Å². The van der Waals surface area contributed by atoms with Gasteiger partial charge in [-0.1, -0.05) is 11.3 Å². The van der Waals surface area contributed by atoms with Crippen LogP contribution in [0.25, 0.3) is 21.3 Å². The van der Waals surface area contributed by atoms with Crippen molar-refractivity contribution in [3.8, 4) is 11.1 Å². The molecule has 0 bridgehead atoms. The number of urea groups is 1. The second kappa shape index (κ2) is 6.47. The molecule has 7 nitrogen and oxygen atoms in total. The molecule has 3 rings (SSSR count). The summed E-state index contributed by atoms with van der Waals surface area (Å²) < 4.78 is 1.85. The van der Waals surface area contributed by atoms with Crippen LogP contribution in [0.5, 0.6) is 0 Å². The summed E-state index contributed by atoms with van der Waals surface area (Å²) in [5.41, 5.74) is 8.05. The molecule has 0 spiro atoms. The Balaban J connectivity index is 1.97. The molecular weight excluding hydrogens is 380 g/mol. The van der Waals surface area contributed by atoms with Crippen molar-refractivity contribution in [1.82, 2.24) is 20.3 Å². The lowest BCUT2D eigenvalue weighted by atomic mass is 10.1. The van der Waals surface area contributed by atoms with Gasteiger partial charge in [0.25, 0.3) is 0 Å². The van der Waals surface area contributed by atoms with Gasteiger partial charge in [0.15, 0.2) is 5.13 Å². The average Bonchev–Trinajstić information content (AvgIpc) is 2.91. The van der Waals surface area contributed by atoms with Gasteiger partial charge in [0.05, 0.1) is 10.2 Å². The number of nitrogens with one attached hydrogen (secondary N) is 2. The maximum absolute atomic E-state index is 11.6. The minimum atomic E-state index is -0.269. The predicted octanol–water partition coefficient (Wildman–Crippen LogP) is 3.24. The first-order chi connectivity index (χ1) is 11.1. The van der Waals surface area contributed by atoms with Gasteiger partial charge in [-0.25, -0.2) is 19.7 Å². The molecule has 0 saturated carbocycles. The van der Waals surface area contributed by atoms with Crippen LogP contribution in [-0.2, 0) is 0 Å². The van der Waals surface area contributed by atoms with Crippen molar-refractivity contribution >= 4 is 54.6 Å². The lowest BCUT2D eigenvalue weighted by Gasteiger charge is -2.02. The summed E-state index contributed by atoms with van der Waals surface area (Å²) in [5, 5.41) is 5.93. The van der Waals surface area contributed by atoms with Crippen molar-refractivity contribution in [2.45, 2.75) is 6.92 Å². The molecule has 0 saturated heterocycles. The number of benzene rings is 1. The number of anilines is 2. The number of nitrogens with two attached hydrogens (primary N) is 1. The standard InChI is InChI=1S/C14H13BrN6OS/c1-2-17-13(22)21-14-20-10-4-7(3-9(15)11(10)23-14)8-5-18-12(16)19-6-8/h3-6H,2H2,1H3,(H2,16,18,19)(H2,17,20,21,22). The van der Waals surface area contributed by atoms with E-state index < -0.39 is 0 Å². The monoisotopic (exact) mass is 392 g/mol. The number of amides is 2. The summed E-state index contributed by atoms with van der Waals surface area (Å²) in [6.07, 6.45) is 3.33. The first-order valence-electron chi connectivity index (χ1n) is 6.79. The van der Waals surface area contributed by atoms with Crippen LogP contribution < -0.4 is 16.4 Å². The molecule has 0 aliphatic rings. The molecule has 118 valence electrons. The second-order valence-corrected chi connectivity index (χ2v) is 6.49. The van der Waals surface area contributed by atoms with E-state index in [4.69, 9.17) is 5.73 Å². The first kappa shape index (κ1) is 15.6. The number of rotatable bonds is 3. The molecule has 23 heavy (non-hydrogen) atoms. The number of hydrogen-bond donors (Lipinski definition) is 3. The predicted molar refractivity (Wildman–Crippen MR) is 95.5 cm³/mol. The van der Waals surface area contributed by atoms with Crippen molar-refractivity contribution in [1.29, 1.82) is 0 Å². The van der Waals surface area contributed by atoms with Crippen LogP contribution in [0, 0.1) is 0 Å². The highest BCUT2D eigenvalue weighted by Crippen LogP contribution is 2.36. The van der Waals surface area contributed by atoms with Crippen LogP contribution in [0.3, 0.4) is 0 Å². The van der Waals surface area contributed by atoms with Crippen LogP contribution in [0.1, 0.15) is 6.92 Å². The zero-order valence-corrected chi connectivity index (χ0v) is 14.5. The highest BCUT2D eigenvalue weighted by molar-refractivity contribution is 9.10. The SMILES string of the molecule is CCNC(=O)Nc1nc2cc(-c3cnc(N)nc3)cc(Br)c2s1. The van der Waals surface area contributed by atoms with E-state index in [0.717, 1.165) is 25.8 Å². The van der Waals surface area contributed by atoms with Gasteiger partial charge < -0.3 is 11.1 Å². The first-order valence-corrected chi connectivity index (χ1v) is 8.40. The largest absolute Gasteiger partial charge is 0.368 e. The third-order valence-electron chi connectivity index (χ3n) is 3.01. The fraction of sp³-hybridized carbons (Fsp3) is 0.143. The van der Waals surface area contributed by atoms with E-state index in [1.807, 2.05) is 19.1 Å². The van der Waals surface area contributed by atoms with Crippen molar-refractivity contribution in [2.75, 3.05) is 17.6 Å². The normalized spacial score (nSPS) is 10.7. The molecule has 2 amide bonds. The van der Waals surface area contributed by atoms with E-state index in [9.17, 15) is 4.79 Å². The van der Waals surface area contributed by atoms with Gasteiger partial charge in [0, 0.05) is 29.0 Å². The molecule has 2 heterocycles. The van der Waals surface area contributed by atoms with Gasteiger partial charge in [-0.3, -0.25) is 5.32 Å². The molecule has 0 aliphatic carbocycles. The number of carbonyl (C=O) groups is 1. The number of nitrogens with zero attached hydrogens (tertiary/aromatic N) is 3. The molecule has 0 unspecified atom stereocenters. The van der Waals surface area contributed by atoms with Crippen LogP contribution >= 0.6 is 27.3 Å². The molecule has 2 aromatic heterocycles. The zero-order valence-electron chi connectivity index (χ0n) is 12.1. The van der Waals surface area contributed by atoms with Gasteiger partial charge in [-0.05, 0) is 40.5 Å². The molecular formula is C14H13BrN6OS. The topological polar surface area (TPSA) is 106 Å². The minimum absolute atomic E-state index is 0.232. The van der Waals surface area contributed by atoms with E-state index in [0.29, 0.717) is 11.7 Å². The Morgan fingerprint density at radius 2 is 2.04 bits per heavy atom. The van der Waals surface area contributed by atoms with Crippen molar-refractivity contribution in [3.05, 3.63) is 29.0 Å². The lowest BCUT2D eigenvalue weighted by Crippen LogP contribution is -2.28. The van der Waals surface area contributed by atoms with Crippen LogP contribution in [0.4, 0.5) is 15.9 Å². The fourth-order valence-corrected chi connectivity index (χ4v) is 3.54. The highest BCUT2D eigenvalue weighted by Gasteiger charge is 2.12. The number of fused-ring (bicyclic) bond motifs is 1. The van der Waals surface area contributed by atoms with E-state index in [1.165, 1.54) is 11.3 Å². The van der Waals surface area contributed by atoms with E-state index in [1.54, 1.807) is 12.4 Å². The molecule has 9 heteroatoms. The minimum Gasteiger partial charge on any atom is -0.368 e. The molecule has 0 fully saturated rings. The average molecular weight is 393 g/mol. The van der Waals surface area contributed by atoms with Crippen molar-refractivity contribution in [2.24, 2.45) is 0 Å². The van der Waals surface area contributed by atoms with Crippen LogP contribution in [-0.4, -0.2) is 27.5 Å². The Bertz CT molecular complexity index is 864. The number of aromatic nitrogens is 3. The fourth-order valence-electron chi connectivity index (χ4n) is 2.00. The Morgan fingerprint density at radius 1 is 1.30 bits per heavy atom. The summed E-state index contributed by atoms with van der Waals surface area (Å²) in [6.45, 7) is 2.41. The molecule has 4 N–H and O–H groups in total. The molecule has 3 aromatic rings. The van der Waals surface area contributed by atoms with E-state index in [2.05, 4.69) is 41.5 Å². The number of hydrogen-bond acceptors (Lipinski definition) is 6. The van der Waals surface area contributed by atoms with Gasteiger partial charge in [0.1, 0.15) is 0 Å².